The molecule has 0 unspecified atom stereocenters. The van der Waals surface area contributed by atoms with Gasteiger partial charge < -0.3 is 19.2 Å². The summed E-state index contributed by atoms with van der Waals surface area (Å²) in [6.45, 7) is 1.22. The fraction of sp³-hybridized carbons (Fsp3) is 0.263. The first-order valence-corrected chi connectivity index (χ1v) is 8.93. The van der Waals surface area contributed by atoms with Gasteiger partial charge in [0.2, 0.25) is 5.91 Å². The monoisotopic (exact) mass is 388 g/mol. The molecule has 7 nitrogen and oxygen atoms in total. The van der Waals surface area contributed by atoms with Gasteiger partial charge in [0.15, 0.2) is 17.1 Å². The highest BCUT2D eigenvalue weighted by Gasteiger charge is 2.16. The lowest BCUT2D eigenvalue weighted by atomic mass is 10.2. The topological polar surface area (TPSA) is 82.7 Å². The van der Waals surface area contributed by atoms with Crippen LogP contribution in [0.4, 0.5) is 0 Å². The number of nitrogens with one attached hydrogen (secondary N) is 1. The van der Waals surface area contributed by atoms with E-state index in [0.717, 1.165) is 12.0 Å². The molecule has 0 radical (unpaired) electrons. The van der Waals surface area contributed by atoms with Crippen molar-refractivity contribution in [2.75, 3.05) is 13.2 Å². The van der Waals surface area contributed by atoms with E-state index in [2.05, 4.69) is 5.32 Å². The predicted molar refractivity (Wildman–Crippen MR) is 99.4 cm³/mol. The number of aromatic nitrogens is 1. The second kappa shape index (κ2) is 7.36. The van der Waals surface area contributed by atoms with Gasteiger partial charge in [-0.1, -0.05) is 23.7 Å². The number of fused-ring (bicyclic) bond motifs is 2. The first kappa shape index (κ1) is 17.5. The molecule has 27 heavy (non-hydrogen) atoms. The van der Waals surface area contributed by atoms with E-state index in [9.17, 15) is 9.59 Å². The fourth-order valence-corrected chi connectivity index (χ4v) is 3.24. The van der Waals surface area contributed by atoms with Crippen molar-refractivity contribution in [1.29, 1.82) is 0 Å². The first-order chi connectivity index (χ1) is 13.1. The van der Waals surface area contributed by atoms with Crippen molar-refractivity contribution in [3.8, 4) is 11.5 Å². The van der Waals surface area contributed by atoms with Gasteiger partial charge in [-0.3, -0.25) is 9.36 Å². The molecular weight excluding hydrogens is 372 g/mol. The van der Waals surface area contributed by atoms with Crippen LogP contribution in [0.1, 0.15) is 12.0 Å². The summed E-state index contributed by atoms with van der Waals surface area (Å²) in [5.74, 6) is 0.221. The minimum Gasteiger partial charge on any atom is -0.489 e. The predicted octanol–water partition coefficient (Wildman–Crippen LogP) is 2.73. The lowest BCUT2D eigenvalue weighted by molar-refractivity contribution is -0.121. The average Bonchev–Trinajstić information content (AvgIpc) is 2.82. The molecule has 0 fully saturated rings. The number of nitrogens with zero attached hydrogens (tertiary/aromatic N) is 1. The summed E-state index contributed by atoms with van der Waals surface area (Å²) in [7, 11) is 0. The van der Waals surface area contributed by atoms with E-state index in [-0.39, 0.29) is 19.0 Å². The van der Waals surface area contributed by atoms with Crippen LogP contribution in [-0.4, -0.2) is 23.7 Å². The maximum atomic E-state index is 12.3. The second-order valence-corrected chi connectivity index (χ2v) is 6.56. The Kier molecular flexibility index (Phi) is 4.77. The van der Waals surface area contributed by atoms with Crippen molar-refractivity contribution in [3.05, 3.63) is 57.5 Å². The smallest absolute Gasteiger partial charge is 0.420 e. The highest BCUT2D eigenvalue weighted by atomic mass is 35.5. The molecule has 0 saturated carbocycles. The molecule has 1 amide bonds. The van der Waals surface area contributed by atoms with Gasteiger partial charge in [-0.05, 0) is 29.8 Å². The minimum absolute atomic E-state index is 0.131. The maximum absolute atomic E-state index is 12.3. The third kappa shape index (κ3) is 3.64. The Morgan fingerprint density at radius 3 is 2.89 bits per heavy atom. The summed E-state index contributed by atoms with van der Waals surface area (Å²) < 4.78 is 17.7. The van der Waals surface area contributed by atoms with E-state index in [1.165, 1.54) is 4.57 Å². The Morgan fingerprint density at radius 2 is 2.00 bits per heavy atom. The number of benzene rings is 2. The maximum Gasteiger partial charge on any atom is 0.420 e. The largest absolute Gasteiger partial charge is 0.489 e. The van der Waals surface area contributed by atoms with Crippen LogP contribution >= 0.6 is 11.6 Å². The van der Waals surface area contributed by atoms with Crippen molar-refractivity contribution in [3.63, 3.8) is 0 Å². The van der Waals surface area contributed by atoms with Crippen LogP contribution in [0, 0.1) is 0 Å². The van der Waals surface area contributed by atoms with Gasteiger partial charge >= 0.3 is 5.76 Å². The zero-order valence-electron chi connectivity index (χ0n) is 14.4. The first-order valence-electron chi connectivity index (χ1n) is 8.55. The third-order valence-corrected chi connectivity index (χ3v) is 4.51. The molecule has 2 aromatic carbocycles. The van der Waals surface area contributed by atoms with E-state index in [4.69, 9.17) is 25.5 Å². The SMILES string of the molecule is O=C(Cn1c(=O)oc2ccccc21)NCc1cc(Cl)c2c(c1)OCCCO2. The molecule has 1 aliphatic heterocycles. The molecular formula is C19H17ClN2O5. The van der Waals surface area contributed by atoms with Crippen LogP contribution in [0.5, 0.6) is 11.5 Å². The average molecular weight is 389 g/mol. The molecule has 1 N–H and O–H groups in total. The molecule has 0 saturated heterocycles. The number of amides is 1. The van der Waals surface area contributed by atoms with Crippen molar-refractivity contribution < 1.29 is 18.7 Å². The Balaban J connectivity index is 1.46. The van der Waals surface area contributed by atoms with Crippen molar-refractivity contribution in [2.45, 2.75) is 19.5 Å². The molecule has 0 atom stereocenters. The van der Waals surface area contributed by atoms with Gasteiger partial charge in [-0.15, -0.1) is 0 Å². The molecule has 2 heterocycles. The van der Waals surface area contributed by atoms with Gasteiger partial charge in [0.1, 0.15) is 6.54 Å². The molecule has 0 aliphatic carbocycles. The van der Waals surface area contributed by atoms with Gasteiger partial charge in [0.05, 0.1) is 23.8 Å². The summed E-state index contributed by atoms with van der Waals surface area (Å²) in [5, 5.41) is 3.22. The number of hydrogen-bond acceptors (Lipinski definition) is 5. The van der Waals surface area contributed by atoms with Crippen LogP contribution in [-0.2, 0) is 17.9 Å². The van der Waals surface area contributed by atoms with Gasteiger partial charge in [-0.2, -0.15) is 0 Å². The number of hydrogen-bond donors (Lipinski definition) is 1. The summed E-state index contributed by atoms with van der Waals surface area (Å²) >= 11 is 6.26. The number of oxazole rings is 1. The van der Waals surface area contributed by atoms with Crippen molar-refractivity contribution >= 4 is 28.6 Å². The van der Waals surface area contributed by atoms with Crippen LogP contribution < -0.4 is 20.5 Å². The summed E-state index contributed by atoms with van der Waals surface area (Å²) in [4.78, 5) is 24.3. The van der Waals surface area contributed by atoms with Crippen LogP contribution in [0.2, 0.25) is 5.02 Å². The van der Waals surface area contributed by atoms with Gasteiger partial charge in [-0.25, -0.2) is 4.79 Å². The Bertz CT molecular complexity index is 1060. The van der Waals surface area contributed by atoms with Crippen LogP contribution in [0.15, 0.2) is 45.6 Å². The molecule has 8 heteroatoms. The normalized spacial score (nSPS) is 13.4. The molecule has 140 valence electrons. The van der Waals surface area contributed by atoms with Gasteiger partial charge in [0.25, 0.3) is 0 Å². The van der Waals surface area contributed by atoms with E-state index < -0.39 is 5.76 Å². The van der Waals surface area contributed by atoms with Crippen molar-refractivity contribution in [2.24, 2.45) is 0 Å². The fourth-order valence-electron chi connectivity index (χ4n) is 2.95. The number of rotatable bonds is 4. The Labute approximate surface area is 159 Å². The summed E-state index contributed by atoms with van der Waals surface area (Å²) in [6, 6.07) is 10.5. The van der Waals surface area contributed by atoms with E-state index >= 15 is 0 Å². The van der Waals surface area contributed by atoms with Crippen LogP contribution in [0.25, 0.3) is 11.1 Å². The third-order valence-electron chi connectivity index (χ3n) is 4.23. The zero-order chi connectivity index (χ0) is 18.8. The highest BCUT2D eigenvalue weighted by Crippen LogP contribution is 2.37. The van der Waals surface area contributed by atoms with Crippen molar-refractivity contribution in [1.82, 2.24) is 9.88 Å². The molecule has 0 bridgehead atoms. The van der Waals surface area contributed by atoms with E-state index in [1.54, 1.807) is 36.4 Å². The summed E-state index contributed by atoms with van der Waals surface area (Å²) in [5.41, 5.74) is 1.81. The number of carbonyl (C=O) groups excluding carboxylic acids is 1. The Morgan fingerprint density at radius 1 is 1.19 bits per heavy atom. The summed E-state index contributed by atoms with van der Waals surface area (Å²) in [6.07, 6.45) is 0.782. The molecule has 1 aliphatic rings. The van der Waals surface area contributed by atoms with Crippen LogP contribution in [0.3, 0.4) is 0 Å². The highest BCUT2D eigenvalue weighted by molar-refractivity contribution is 6.32. The molecule has 0 spiro atoms. The van der Waals surface area contributed by atoms with Gasteiger partial charge in [0, 0.05) is 13.0 Å². The number of halogens is 1. The number of ether oxygens (including phenoxy) is 2. The molecule has 3 aromatic rings. The number of para-hydroxylation sites is 2. The lowest BCUT2D eigenvalue weighted by Crippen LogP contribution is -2.30. The second-order valence-electron chi connectivity index (χ2n) is 6.15. The van der Waals surface area contributed by atoms with E-state index in [1.807, 2.05) is 0 Å². The zero-order valence-corrected chi connectivity index (χ0v) is 15.1. The van der Waals surface area contributed by atoms with E-state index in [0.29, 0.717) is 40.8 Å². The Hall–Kier alpha value is -2.93. The minimum atomic E-state index is -0.565. The number of carbonyl (C=O) groups is 1. The quantitative estimate of drug-likeness (QED) is 0.743. The lowest BCUT2D eigenvalue weighted by Gasteiger charge is -2.12. The molecule has 4 rings (SSSR count). The molecule has 1 aromatic heterocycles. The standard InChI is InChI=1S/C19H17ClN2O5/c20-13-8-12(9-16-18(13)26-7-3-6-25-16)10-21-17(23)11-22-14-4-1-2-5-15(14)27-19(22)24/h1-2,4-5,8-9H,3,6-7,10-11H2,(H,21,23).